The van der Waals surface area contributed by atoms with E-state index in [0.29, 0.717) is 7.25 Å². The summed E-state index contributed by atoms with van der Waals surface area (Å²) in [6, 6.07) is 66.0. The molecular formula is C55H50Cl2SiZr. The molecular weight excluding hydrogens is 851 g/mol. The normalized spacial score (nSPS) is 15.9. The minimum Gasteiger partial charge on any atom is -0.147 e. The molecule has 2 aliphatic rings. The first-order valence-electron chi connectivity index (χ1n) is 20.5. The van der Waals surface area contributed by atoms with Crippen LogP contribution in [0.1, 0.15) is 59.0 Å². The predicted octanol–water partition coefficient (Wildman–Crippen LogP) is 15.2. The molecule has 0 spiro atoms. The van der Waals surface area contributed by atoms with Crippen LogP contribution in [0.5, 0.6) is 0 Å². The molecule has 292 valence electrons. The number of aryl methyl sites for hydroxylation is 1. The number of allylic oxidation sites excluding steroid dienone is 2. The van der Waals surface area contributed by atoms with Crippen molar-refractivity contribution in [2.24, 2.45) is 0 Å². The Balaban J connectivity index is 0.00000242. The Kier molecular flexibility index (Phi) is 11.0. The SMILES string of the molecule is CC1=Cc2c(-c3cccc4ccccc34)ccc(C)c2[CH]1[Zr]([CH3])([CH3])(=[SiH2])[CH]1C(C(c2ccccc2)c2ccccc2)=Cc2c(-c3cccc4ccccc34)cccc21.Cl.Cl. The van der Waals surface area contributed by atoms with Crippen LogP contribution in [-0.2, 0) is 17.4 Å². The second kappa shape index (κ2) is 15.8. The van der Waals surface area contributed by atoms with Crippen LogP contribution in [0.15, 0.2) is 187 Å². The molecule has 8 aromatic rings. The molecule has 0 saturated heterocycles. The van der Waals surface area contributed by atoms with Gasteiger partial charge in [0.1, 0.15) is 0 Å². The van der Waals surface area contributed by atoms with Gasteiger partial charge in [-0.15, -0.1) is 24.8 Å². The summed E-state index contributed by atoms with van der Waals surface area (Å²) < 4.78 is 6.31. The molecule has 2 unspecified atom stereocenters. The first kappa shape index (κ1) is 41.2. The summed E-state index contributed by atoms with van der Waals surface area (Å²) in [5.74, 6) is 0.135. The summed E-state index contributed by atoms with van der Waals surface area (Å²) in [6.45, 7) is 7.28. The van der Waals surface area contributed by atoms with Crippen molar-refractivity contribution in [3.63, 3.8) is 0 Å². The van der Waals surface area contributed by atoms with E-state index in [-0.39, 0.29) is 30.7 Å². The molecule has 0 bridgehead atoms. The largest absolute Gasteiger partial charge is 0.147 e. The Hall–Kier alpha value is -4.56. The summed E-state index contributed by atoms with van der Waals surface area (Å²) in [7, 11) is 0. The Morgan fingerprint density at radius 2 is 0.932 bits per heavy atom. The van der Waals surface area contributed by atoms with Crippen LogP contribution < -0.4 is 0 Å². The van der Waals surface area contributed by atoms with E-state index >= 15 is 0 Å². The van der Waals surface area contributed by atoms with Gasteiger partial charge in [0, 0.05) is 0 Å². The van der Waals surface area contributed by atoms with E-state index in [1.807, 2.05) is 0 Å². The summed E-state index contributed by atoms with van der Waals surface area (Å²) in [5, 5.41) is 5.21. The van der Waals surface area contributed by atoms with Crippen molar-refractivity contribution in [2.45, 2.75) is 36.3 Å². The molecule has 0 saturated carbocycles. The average molecular weight is 901 g/mol. The first-order chi connectivity index (χ1) is 27.7. The van der Waals surface area contributed by atoms with Gasteiger partial charge in [-0.3, -0.25) is 0 Å². The number of rotatable bonds is 7. The van der Waals surface area contributed by atoms with Crippen molar-refractivity contribution in [3.05, 3.63) is 226 Å². The maximum absolute atomic E-state index is 4.11. The zero-order valence-corrected chi connectivity index (χ0v) is 39.7. The maximum atomic E-state index is 2.80. The number of hydrogen-bond donors (Lipinski definition) is 0. The number of halogens is 2. The monoisotopic (exact) mass is 898 g/mol. The Morgan fingerprint density at radius 3 is 1.51 bits per heavy atom. The number of benzene rings is 8. The van der Waals surface area contributed by atoms with E-state index in [1.165, 1.54) is 82.8 Å². The van der Waals surface area contributed by atoms with Crippen molar-refractivity contribution in [1.29, 1.82) is 0 Å². The van der Waals surface area contributed by atoms with E-state index in [9.17, 15) is 0 Å². The third kappa shape index (κ3) is 6.78. The fourth-order valence-electron chi connectivity index (χ4n) is 11.2. The Morgan fingerprint density at radius 1 is 0.458 bits per heavy atom. The topological polar surface area (TPSA) is 0 Å². The Bertz CT molecular complexity index is 2980. The maximum Gasteiger partial charge on any atom is -0.147 e. The van der Waals surface area contributed by atoms with E-state index in [4.69, 9.17) is 0 Å². The van der Waals surface area contributed by atoms with Gasteiger partial charge in [0.15, 0.2) is 0 Å². The van der Waals surface area contributed by atoms with Gasteiger partial charge in [-0.05, 0) is 0 Å². The molecule has 0 aromatic heterocycles. The standard InChI is InChI=1S/C32H23.C21H17.2CH3.2ClH.H2Si.Zr/c1-3-12-24(13-4-1)32(25-14-5-2-6-15-25)27-21-26-17-10-20-30(31(26)22-27)29-19-9-16-23-11-7-8-18-28(23)29;1-14-12-20-15(2)10-11-19(21(20)13-14)18-9-5-7-16-6-3-4-8-17(16)18;;;;;;/h1-22,32H;3-13H,1-2H3;2*1H3;2*1H;1H2;. The molecule has 0 heterocycles. The van der Waals surface area contributed by atoms with E-state index in [2.05, 4.69) is 218 Å². The third-order valence-corrected chi connectivity index (χ3v) is 30.9. The molecule has 0 radical (unpaired) electrons. The molecule has 0 nitrogen and oxygen atoms in total. The molecule has 8 aromatic carbocycles. The van der Waals surface area contributed by atoms with Crippen molar-refractivity contribution >= 4 is 65.4 Å². The molecule has 0 N–H and O–H groups in total. The molecule has 0 amide bonds. The van der Waals surface area contributed by atoms with Gasteiger partial charge >= 0.3 is 343 Å². The van der Waals surface area contributed by atoms with Gasteiger partial charge in [-0.2, -0.15) is 0 Å². The van der Waals surface area contributed by atoms with Gasteiger partial charge in [0.2, 0.25) is 0 Å². The average Bonchev–Trinajstić information content (AvgIpc) is 3.82. The van der Waals surface area contributed by atoms with Gasteiger partial charge in [-0.25, -0.2) is 0 Å². The van der Waals surface area contributed by atoms with Crippen LogP contribution in [0.4, 0.5) is 0 Å². The zero-order valence-electron chi connectivity index (χ0n) is 34.2. The van der Waals surface area contributed by atoms with Crippen LogP contribution in [0.3, 0.4) is 0 Å². The summed E-state index contributed by atoms with van der Waals surface area (Å²) in [4.78, 5) is 0. The van der Waals surface area contributed by atoms with Crippen LogP contribution >= 0.6 is 24.8 Å². The van der Waals surface area contributed by atoms with Crippen molar-refractivity contribution in [2.75, 3.05) is 0 Å². The van der Waals surface area contributed by atoms with Crippen molar-refractivity contribution in [3.8, 4) is 22.3 Å². The molecule has 2 aliphatic carbocycles. The smallest absolute Gasteiger partial charge is 0.147 e. The van der Waals surface area contributed by atoms with Gasteiger partial charge in [0.05, 0.1) is 0 Å². The van der Waals surface area contributed by atoms with E-state index in [1.54, 1.807) is 11.1 Å². The van der Waals surface area contributed by atoms with Crippen LogP contribution in [0.2, 0.25) is 9.26 Å². The van der Waals surface area contributed by atoms with Crippen molar-refractivity contribution in [1.82, 2.24) is 0 Å². The fraction of sp³-hybridized carbons (Fsp3) is 0.127. The minimum atomic E-state index is -4.11. The molecule has 4 heteroatoms. The van der Waals surface area contributed by atoms with E-state index < -0.39 is 17.4 Å². The predicted molar refractivity (Wildman–Crippen MR) is 260 cm³/mol. The zero-order chi connectivity index (χ0) is 38.9. The molecule has 0 fully saturated rings. The molecule has 10 rings (SSSR count). The second-order valence-corrected chi connectivity index (χ2v) is 48.2. The first-order valence-corrected chi connectivity index (χ1v) is 34.2. The Labute approximate surface area is 364 Å². The second-order valence-electron chi connectivity index (χ2n) is 17.7. The van der Waals surface area contributed by atoms with Crippen LogP contribution in [0, 0.1) is 6.92 Å². The summed E-state index contributed by atoms with van der Waals surface area (Å²) in [5.41, 5.74) is 18.5. The summed E-state index contributed by atoms with van der Waals surface area (Å²) >= 11 is -4.11. The van der Waals surface area contributed by atoms with Gasteiger partial charge in [-0.1, -0.05) is 0 Å². The molecule has 2 atom stereocenters. The van der Waals surface area contributed by atoms with Crippen LogP contribution in [-0.4, -0.2) is 6.88 Å². The minimum absolute atomic E-state index is 0. The number of hydrogen-bond acceptors (Lipinski definition) is 0. The third-order valence-electron chi connectivity index (χ3n) is 13.4. The quantitative estimate of drug-likeness (QED) is 0.140. The fourth-order valence-corrected chi connectivity index (χ4v) is 31.4. The molecule has 59 heavy (non-hydrogen) atoms. The summed E-state index contributed by atoms with van der Waals surface area (Å²) in [6.07, 6.45) is 5.24. The molecule has 0 aliphatic heterocycles. The van der Waals surface area contributed by atoms with E-state index in [0.717, 1.165) is 0 Å². The van der Waals surface area contributed by atoms with Crippen molar-refractivity contribution < 1.29 is 17.4 Å². The number of fused-ring (bicyclic) bond motifs is 4. The van der Waals surface area contributed by atoms with Gasteiger partial charge < -0.3 is 0 Å². The van der Waals surface area contributed by atoms with Gasteiger partial charge in [0.25, 0.3) is 0 Å². The van der Waals surface area contributed by atoms with Crippen LogP contribution in [0.25, 0.3) is 56.0 Å².